The van der Waals surface area contributed by atoms with Crippen LogP contribution in [0.15, 0.2) is 42.2 Å². The van der Waals surface area contributed by atoms with Crippen LogP contribution in [0.2, 0.25) is 0 Å². The van der Waals surface area contributed by atoms with Gasteiger partial charge in [0.1, 0.15) is 16.4 Å². The molecule has 0 unspecified atom stereocenters. The molecule has 1 amide bonds. The summed E-state index contributed by atoms with van der Waals surface area (Å²) >= 11 is 1.29. The normalized spacial score (nSPS) is 10.4. The summed E-state index contributed by atoms with van der Waals surface area (Å²) in [5.41, 5.74) is 1.91. The number of thiazole rings is 1. The number of benzene rings is 1. The van der Waals surface area contributed by atoms with Gasteiger partial charge in [-0.25, -0.2) is 4.98 Å². The van der Waals surface area contributed by atoms with E-state index < -0.39 is 10.8 Å². The lowest BCUT2D eigenvalue weighted by molar-refractivity contribution is -0.384. The van der Waals surface area contributed by atoms with Crippen LogP contribution < -0.4 is 5.32 Å². The summed E-state index contributed by atoms with van der Waals surface area (Å²) in [5.74, 6) is -0.390. The van der Waals surface area contributed by atoms with Gasteiger partial charge >= 0.3 is 0 Å². The third-order valence-electron chi connectivity index (χ3n) is 3.19. The second-order valence-corrected chi connectivity index (χ2v) is 5.70. The Hall–Kier alpha value is -3.20. The molecule has 0 aliphatic heterocycles. The number of carbonyl (C=O) groups is 1. The van der Waals surface area contributed by atoms with Crippen molar-refractivity contribution in [3.8, 4) is 10.7 Å². The van der Waals surface area contributed by atoms with Crippen LogP contribution >= 0.6 is 11.3 Å². The van der Waals surface area contributed by atoms with E-state index in [2.05, 4.69) is 20.3 Å². The highest BCUT2D eigenvalue weighted by molar-refractivity contribution is 7.13. The molecule has 3 aromatic rings. The standard InChI is InChI=1S/C15H11N5O3S/c1-9-6-10(20(22)23)2-3-11(9)18-14(21)13-8-24-15(19-13)12-7-16-4-5-17-12/h2-8H,1H3,(H,18,21). The fourth-order valence-electron chi connectivity index (χ4n) is 1.99. The third-order valence-corrected chi connectivity index (χ3v) is 4.05. The number of amides is 1. The first-order valence-corrected chi connectivity index (χ1v) is 7.71. The first-order chi connectivity index (χ1) is 11.5. The van der Waals surface area contributed by atoms with Gasteiger partial charge < -0.3 is 5.32 Å². The van der Waals surface area contributed by atoms with Crippen LogP contribution in [-0.4, -0.2) is 25.8 Å². The fraction of sp³-hybridized carbons (Fsp3) is 0.0667. The second-order valence-electron chi connectivity index (χ2n) is 4.84. The zero-order valence-electron chi connectivity index (χ0n) is 12.5. The summed E-state index contributed by atoms with van der Waals surface area (Å²) in [4.78, 5) is 34.9. The second kappa shape index (κ2) is 6.50. The summed E-state index contributed by atoms with van der Waals surface area (Å²) in [6.45, 7) is 1.69. The minimum absolute atomic E-state index is 0.0240. The molecule has 3 rings (SSSR count). The van der Waals surface area contributed by atoms with E-state index in [9.17, 15) is 14.9 Å². The molecule has 9 heteroatoms. The molecule has 2 aromatic heterocycles. The Balaban J connectivity index is 1.79. The Morgan fingerprint density at radius 1 is 1.33 bits per heavy atom. The van der Waals surface area contributed by atoms with E-state index in [0.29, 0.717) is 22.0 Å². The molecule has 0 saturated carbocycles. The summed E-state index contributed by atoms with van der Waals surface area (Å²) in [5, 5.41) is 15.7. The highest BCUT2D eigenvalue weighted by Gasteiger charge is 2.15. The van der Waals surface area contributed by atoms with Gasteiger partial charge in [0.15, 0.2) is 0 Å². The van der Waals surface area contributed by atoms with Gasteiger partial charge in [0.2, 0.25) is 0 Å². The molecule has 1 N–H and O–H groups in total. The lowest BCUT2D eigenvalue weighted by Crippen LogP contribution is -2.13. The molecule has 0 aliphatic rings. The SMILES string of the molecule is Cc1cc([N+](=O)[O-])ccc1NC(=O)c1csc(-c2cnccn2)n1. The number of aryl methyl sites for hydroxylation is 1. The molecular weight excluding hydrogens is 330 g/mol. The van der Waals surface area contributed by atoms with Crippen molar-refractivity contribution < 1.29 is 9.72 Å². The van der Waals surface area contributed by atoms with Gasteiger partial charge in [-0.2, -0.15) is 0 Å². The minimum atomic E-state index is -0.480. The molecule has 0 aliphatic carbocycles. The highest BCUT2D eigenvalue weighted by atomic mass is 32.1. The van der Waals surface area contributed by atoms with E-state index >= 15 is 0 Å². The van der Waals surface area contributed by atoms with Crippen molar-refractivity contribution >= 4 is 28.6 Å². The van der Waals surface area contributed by atoms with E-state index in [4.69, 9.17) is 0 Å². The van der Waals surface area contributed by atoms with Crippen LogP contribution in [0.3, 0.4) is 0 Å². The number of hydrogen-bond donors (Lipinski definition) is 1. The van der Waals surface area contributed by atoms with Crippen molar-refractivity contribution in [3.05, 3.63) is 63.5 Å². The topological polar surface area (TPSA) is 111 Å². The van der Waals surface area contributed by atoms with Crippen molar-refractivity contribution in [1.29, 1.82) is 0 Å². The lowest BCUT2D eigenvalue weighted by Gasteiger charge is -2.06. The number of nitro benzene ring substituents is 1. The van der Waals surface area contributed by atoms with Crippen LogP contribution in [0.4, 0.5) is 11.4 Å². The van der Waals surface area contributed by atoms with Crippen LogP contribution in [-0.2, 0) is 0 Å². The van der Waals surface area contributed by atoms with E-state index in [-0.39, 0.29) is 11.4 Å². The number of aromatic nitrogens is 3. The number of rotatable bonds is 4. The first-order valence-electron chi connectivity index (χ1n) is 6.83. The summed E-state index contributed by atoms with van der Waals surface area (Å²) in [7, 11) is 0. The number of nitrogens with zero attached hydrogens (tertiary/aromatic N) is 4. The maximum absolute atomic E-state index is 12.3. The van der Waals surface area contributed by atoms with Crippen LogP contribution in [0.5, 0.6) is 0 Å². The highest BCUT2D eigenvalue weighted by Crippen LogP contribution is 2.24. The van der Waals surface area contributed by atoms with Crippen molar-refractivity contribution in [2.75, 3.05) is 5.32 Å². The number of nitrogens with one attached hydrogen (secondary N) is 1. The van der Waals surface area contributed by atoms with E-state index in [1.165, 1.54) is 29.5 Å². The van der Waals surface area contributed by atoms with E-state index in [0.717, 1.165) is 0 Å². The molecule has 0 spiro atoms. The fourth-order valence-corrected chi connectivity index (χ4v) is 2.75. The molecule has 1 aromatic carbocycles. The van der Waals surface area contributed by atoms with E-state index in [1.807, 2.05) is 0 Å². The molecule has 120 valence electrons. The van der Waals surface area contributed by atoms with Gasteiger partial charge in [0.25, 0.3) is 11.6 Å². The van der Waals surface area contributed by atoms with Gasteiger partial charge in [-0.05, 0) is 18.6 Å². The van der Waals surface area contributed by atoms with Crippen LogP contribution in [0.1, 0.15) is 16.1 Å². The Morgan fingerprint density at radius 2 is 2.17 bits per heavy atom. The van der Waals surface area contributed by atoms with Gasteiger partial charge in [0, 0.05) is 35.6 Å². The predicted molar refractivity (Wildman–Crippen MR) is 88.9 cm³/mol. The first kappa shape index (κ1) is 15.7. The van der Waals surface area contributed by atoms with Crippen LogP contribution in [0, 0.1) is 17.0 Å². The molecule has 2 heterocycles. The molecule has 0 radical (unpaired) electrons. The molecule has 8 nitrogen and oxygen atoms in total. The molecule has 0 saturated heterocycles. The molecule has 0 bridgehead atoms. The van der Waals surface area contributed by atoms with Gasteiger partial charge in [-0.3, -0.25) is 24.9 Å². The molecular formula is C15H11N5O3S. The van der Waals surface area contributed by atoms with Crippen molar-refractivity contribution in [2.24, 2.45) is 0 Å². The Labute approximate surface area is 140 Å². The average Bonchev–Trinajstić information content (AvgIpc) is 3.07. The number of anilines is 1. The van der Waals surface area contributed by atoms with Crippen molar-refractivity contribution in [3.63, 3.8) is 0 Å². The summed E-state index contributed by atoms with van der Waals surface area (Å²) < 4.78 is 0. The predicted octanol–water partition coefficient (Wildman–Crippen LogP) is 3.07. The van der Waals surface area contributed by atoms with Crippen molar-refractivity contribution in [1.82, 2.24) is 15.0 Å². The Morgan fingerprint density at radius 3 is 2.83 bits per heavy atom. The zero-order valence-corrected chi connectivity index (χ0v) is 13.3. The molecule has 0 atom stereocenters. The van der Waals surface area contributed by atoms with Gasteiger partial charge in [0.05, 0.1) is 11.1 Å². The number of carbonyl (C=O) groups excluding carboxylic acids is 1. The molecule has 24 heavy (non-hydrogen) atoms. The maximum Gasteiger partial charge on any atom is 0.275 e. The average molecular weight is 341 g/mol. The molecule has 0 fully saturated rings. The lowest BCUT2D eigenvalue weighted by atomic mass is 10.2. The minimum Gasteiger partial charge on any atom is -0.320 e. The number of hydrogen-bond acceptors (Lipinski definition) is 7. The zero-order chi connectivity index (χ0) is 17.1. The monoisotopic (exact) mass is 341 g/mol. The third kappa shape index (κ3) is 3.25. The smallest absolute Gasteiger partial charge is 0.275 e. The van der Waals surface area contributed by atoms with Gasteiger partial charge in [-0.1, -0.05) is 0 Å². The maximum atomic E-state index is 12.3. The summed E-state index contributed by atoms with van der Waals surface area (Å²) in [6, 6.07) is 4.25. The van der Waals surface area contributed by atoms with E-state index in [1.54, 1.807) is 30.9 Å². The number of nitro groups is 1. The Kier molecular flexibility index (Phi) is 4.25. The van der Waals surface area contributed by atoms with Crippen molar-refractivity contribution in [2.45, 2.75) is 6.92 Å². The van der Waals surface area contributed by atoms with Crippen LogP contribution in [0.25, 0.3) is 10.7 Å². The van der Waals surface area contributed by atoms with Gasteiger partial charge in [-0.15, -0.1) is 11.3 Å². The largest absolute Gasteiger partial charge is 0.320 e. The Bertz CT molecular complexity index is 910. The quantitative estimate of drug-likeness (QED) is 0.576. The summed E-state index contributed by atoms with van der Waals surface area (Å²) in [6.07, 6.45) is 4.68. The number of non-ortho nitro benzene ring substituents is 1.